The Balaban J connectivity index is 1.49. The van der Waals surface area contributed by atoms with E-state index < -0.39 is 11.7 Å². The number of methoxy groups -OCH3 is 1. The number of hydrogen-bond acceptors (Lipinski definition) is 5. The Hall–Kier alpha value is -3.02. The summed E-state index contributed by atoms with van der Waals surface area (Å²) in [4.78, 5) is 2.41. The van der Waals surface area contributed by atoms with Gasteiger partial charge in [-0.05, 0) is 69.1 Å². The summed E-state index contributed by atoms with van der Waals surface area (Å²) in [5, 5.41) is 10.8. The number of aliphatic hydroxyl groups is 1. The van der Waals surface area contributed by atoms with Crippen LogP contribution < -0.4 is 14.2 Å². The maximum absolute atomic E-state index is 10.8. The molecule has 42 heavy (non-hydrogen) atoms. The van der Waals surface area contributed by atoms with Crippen LogP contribution in [0.15, 0.2) is 72.8 Å². The van der Waals surface area contributed by atoms with Gasteiger partial charge >= 0.3 is 0 Å². The minimum Gasteiger partial charge on any atom is -0.497 e. The van der Waals surface area contributed by atoms with Crippen LogP contribution in [0.2, 0.25) is 0 Å². The van der Waals surface area contributed by atoms with E-state index in [1.54, 1.807) is 7.11 Å². The van der Waals surface area contributed by atoms with E-state index in [-0.39, 0.29) is 18.4 Å². The Labute approximate surface area is 253 Å². The monoisotopic (exact) mass is 573 g/mol. The van der Waals surface area contributed by atoms with Crippen LogP contribution in [0.4, 0.5) is 0 Å². The predicted octanol–water partition coefficient (Wildman–Crippen LogP) is 8.20. The van der Waals surface area contributed by atoms with Gasteiger partial charge in [0, 0.05) is 30.0 Å². The molecule has 0 aromatic heterocycles. The first-order valence-electron chi connectivity index (χ1n) is 15.9. The maximum Gasteiger partial charge on any atom is 0.127 e. The minimum absolute atomic E-state index is 0.0940. The molecule has 0 saturated heterocycles. The highest BCUT2D eigenvalue weighted by molar-refractivity contribution is 5.52. The summed E-state index contributed by atoms with van der Waals surface area (Å²) < 4.78 is 18.2. The summed E-state index contributed by atoms with van der Waals surface area (Å²) in [6, 6.07) is 25.2. The molecule has 1 heterocycles. The number of aliphatic hydroxyl groups excluding tert-OH is 1. The first-order chi connectivity index (χ1) is 20.4. The molecule has 1 N–H and O–H groups in total. The van der Waals surface area contributed by atoms with E-state index in [2.05, 4.69) is 81.1 Å². The second kappa shape index (κ2) is 15.5. The van der Waals surface area contributed by atoms with E-state index >= 15 is 0 Å². The van der Waals surface area contributed by atoms with Gasteiger partial charge < -0.3 is 24.2 Å². The molecule has 3 aromatic carbocycles. The molecule has 4 rings (SSSR count). The molecule has 0 spiro atoms. The van der Waals surface area contributed by atoms with Crippen LogP contribution in [0.1, 0.15) is 94.7 Å². The average molecular weight is 574 g/mol. The molecule has 0 radical (unpaired) electrons. The van der Waals surface area contributed by atoms with Crippen molar-refractivity contribution in [1.82, 2.24) is 4.90 Å². The third kappa shape index (κ3) is 8.29. The van der Waals surface area contributed by atoms with Crippen molar-refractivity contribution in [2.45, 2.75) is 89.8 Å². The quantitative estimate of drug-likeness (QED) is 0.175. The topological polar surface area (TPSA) is 51.2 Å². The number of unbranched alkanes of at least 4 members (excludes halogenated alkanes) is 4. The first kappa shape index (κ1) is 31.9. The first-order valence-corrected chi connectivity index (χ1v) is 15.9. The second-order valence-electron chi connectivity index (χ2n) is 12.2. The molecule has 5 nitrogen and oxygen atoms in total. The Kier molecular flexibility index (Phi) is 11.7. The van der Waals surface area contributed by atoms with E-state index in [1.165, 1.54) is 49.7 Å². The molecule has 0 amide bonds. The van der Waals surface area contributed by atoms with Crippen LogP contribution in [0.5, 0.6) is 17.2 Å². The van der Waals surface area contributed by atoms with Gasteiger partial charge in [0.2, 0.25) is 0 Å². The fourth-order valence-corrected chi connectivity index (χ4v) is 6.32. The predicted molar refractivity (Wildman–Crippen MR) is 172 cm³/mol. The number of nitrogens with zero attached hydrogens (tertiary/aromatic N) is 1. The lowest BCUT2D eigenvalue weighted by atomic mass is 9.68. The van der Waals surface area contributed by atoms with Crippen molar-refractivity contribution in [1.29, 1.82) is 0 Å². The summed E-state index contributed by atoms with van der Waals surface area (Å²) in [5.74, 6) is 2.63. The molecule has 1 aliphatic heterocycles. The van der Waals surface area contributed by atoms with Crippen molar-refractivity contribution >= 4 is 0 Å². The molecule has 228 valence electrons. The third-order valence-corrected chi connectivity index (χ3v) is 8.48. The molecule has 0 fully saturated rings. The van der Waals surface area contributed by atoms with Gasteiger partial charge in [0.25, 0.3) is 0 Å². The fourth-order valence-electron chi connectivity index (χ4n) is 6.32. The third-order valence-electron chi connectivity index (χ3n) is 8.48. The number of fused-ring (bicyclic) bond motifs is 1. The summed E-state index contributed by atoms with van der Waals surface area (Å²) in [7, 11) is 1.69. The smallest absolute Gasteiger partial charge is 0.127 e. The lowest BCUT2D eigenvalue weighted by Crippen LogP contribution is -2.43. The van der Waals surface area contributed by atoms with Gasteiger partial charge in [0.05, 0.1) is 7.11 Å². The lowest BCUT2D eigenvalue weighted by molar-refractivity contribution is 0.0527. The van der Waals surface area contributed by atoms with Crippen molar-refractivity contribution < 1.29 is 19.3 Å². The van der Waals surface area contributed by atoms with Gasteiger partial charge in [-0.25, -0.2) is 0 Å². The van der Waals surface area contributed by atoms with Crippen LogP contribution in [-0.2, 0) is 0 Å². The minimum atomic E-state index is -0.520. The van der Waals surface area contributed by atoms with Crippen molar-refractivity contribution in [3.63, 3.8) is 0 Å². The van der Waals surface area contributed by atoms with E-state index in [4.69, 9.17) is 14.2 Å². The van der Waals surface area contributed by atoms with Gasteiger partial charge in [-0.15, -0.1) is 0 Å². The van der Waals surface area contributed by atoms with Crippen LogP contribution >= 0.6 is 0 Å². The van der Waals surface area contributed by atoms with Gasteiger partial charge in [-0.1, -0.05) is 88.1 Å². The van der Waals surface area contributed by atoms with Gasteiger partial charge in [-0.2, -0.15) is 0 Å². The molecule has 3 aromatic rings. The number of hydrogen-bond donors (Lipinski definition) is 1. The summed E-state index contributed by atoms with van der Waals surface area (Å²) in [5.41, 5.74) is 3.17. The molecular formula is C37H51NO4. The highest BCUT2D eigenvalue weighted by Gasteiger charge is 2.45. The van der Waals surface area contributed by atoms with E-state index in [0.29, 0.717) is 6.54 Å². The number of ether oxygens (including phenoxy) is 3. The Morgan fingerprint density at radius 1 is 0.833 bits per heavy atom. The highest BCUT2D eigenvalue weighted by atomic mass is 16.5. The summed E-state index contributed by atoms with van der Waals surface area (Å²) in [6.07, 6.45) is 6.73. The van der Waals surface area contributed by atoms with E-state index in [1.807, 2.05) is 24.3 Å². The van der Waals surface area contributed by atoms with E-state index in [0.717, 1.165) is 35.9 Å². The summed E-state index contributed by atoms with van der Waals surface area (Å²) >= 11 is 0. The standard InChI is InChI=1S/C37H51NO4/c1-6-8-13-23-38(24-14-9-7-2)26-30(39)27-41-31-19-17-28(18-20-31)35-33-22-21-32(40-5)25-34(33)42-37(3,4)36(35)29-15-11-10-12-16-29/h10-12,15-22,25,30,35-36,39H,6-9,13-14,23-24,26-27H2,1-5H3/t30-,35-,36+/m1/s1. The molecule has 0 unspecified atom stereocenters. The normalized spacial score (nSPS) is 18.3. The number of benzene rings is 3. The van der Waals surface area contributed by atoms with Crippen molar-refractivity contribution in [2.75, 3.05) is 33.4 Å². The van der Waals surface area contributed by atoms with Crippen LogP contribution in [0, 0.1) is 0 Å². The molecule has 0 aliphatic carbocycles. The summed E-state index contributed by atoms with van der Waals surface area (Å²) in [6.45, 7) is 11.8. The molecule has 5 heteroatoms. The molecule has 3 atom stereocenters. The fraction of sp³-hybridized carbons (Fsp3) is 0.514. The average Bonchev–Trinajstić information content (AvgIpc) is 2.99. The molecule has 1 aliphatic rings. The highest BCUT2D eigenvalue weighted by Crippen LogP contribution is 2.53. The molecule has 0 saturated carbocycles. The van der Waals surface area contributed by atoms with Crippen LogP contribution in [0.3, 0.4) is 0 Å². The molecule has 0 bridgehead atoms. The zero-order valence-corrected chi connectivity index (χ0v) is 26.4. The zero-order chi connectivity index (χ0) is 30.0. The van der Waals surface area contributed by atoms with Gasteiger partial charge in [-0.3, -0.25) is 0 Å². The van der Waals surface area contributed by atoms with Crippen molar-refractivity contribution in [3.8, 4) is 17.2 Å². The Morgan fingerprint density at radius 2 is 1.48 bits per heavy atom. The lowest BCUT2D eigenvalue weighted by Gasteiger charge is -2.45. The SMILES string of the molecule is CCCCCN(CCCCC)C[C@@H](O)COc1ccc([C@@H]2c3ccc(OC)cc3OC(C)(C)[C@H]2c2ccccc2)cc1. The Morgan fingerprint density at radius 3 is 2.10 bits per heavy atom. The Bertz CT molecular complexity index is 1200. The second-order valence-corrected chi connectivity index (χ2v) is 12.2. The van der Waals surface area contributed by atoms with Crippen LogP contribution in [0.25, 0.3) is 0 Å². The maximum atomic E-state index is 10.8. The van der Waals surface area contributed by atoms with E-state index in [9.17, 15) is 5.11 Å². The van der Waals surface area contributed by atoms with Crippen molar-refractivity contribution in [3.05, 3.63) is 89.5 Å². The molecular weight excluding hydrogens is 522 g/mol. The number of rotatable bonds is 16. The van der Waals surface area contributed by atoms with Gasteiger partial charge in [0.1, 0.15) is 35.6 Å². The largest absolute Gasteiger partial charge is 0.497 e. The van der Waals surface area contributed by atoms with Gasteiger partial charge in [0.15, 0.2) is 0 Å². The van der Waals surface area contributed by atoms with Crippen LogP contribution in [-0.4, -0.2) is 55.1 Å². The zero-order valence-electron chi connectivity index (χ0n) is 26.4. The van der Waals surface area contributed by atoms with Crippen molar-refractivity contribution in [2.24, 2.45) is 0 Å².